The molecular weight excluding hydrogens is 275 g/mol. The van der Waals surface area contributed by atoms with E-state index in [1.165, 1.54) is 13.0 Å². The van der Waals surface area contributed by atoms with Gasteiger partial charge in [0.2, 0.25) is 0 Å². The lowest BCUT2D eigenvalue weighted by atomic mass is 9.93. The molecule has 0 radical (unpaired) electrons. The largest absolute Gasteiger partial charge is 0.480 e. The van der Waals surface area contributed by atoms with Crippen molar-refractivity contribution in [3.63, 3.8) is 0 Å². The Labute approximate surface area is 112 Å². The summed E-state index contributed by atoms with van der Waals surface area (Å²) in [5.41, 5.74) is -0.955. The van der Waals surface area contributed by atoms with Crippen molar-refractivity contribution in [3.05, 3.63) is 34.9 Å². The fourth-order valence-corrected chi connectivity index (χ4v) is 2.31. The summed E-state index contributed by atoms with van der Waals surface area (Å²) in [5, 5.41) is 8.91. The van der Waals surface area contributed by atoms with Gasteiger partial charge in [-0.2, -0.15) is 13.2 Å². The molecule has 1 aliphatic rings. The van der Waals surface area contributed by atoms with E-state index in [1.54, 1.807) is 0 Å². The summed E-state index contributed by atoms with van der Waals surface area (Å²) in [6.45, 7) is 1.30. The van der Waals surface area contributed by atoms with Gasteiger partial charge < -0.3 is 10.0 Å². The third-order valence-electron chi connectivity index (χ3n) is 3.40. The highest BCUT2D eigenvalue weighted by Gasteiger charge is 2.38. The zero-order valence-corrected chi connectivity index (χ0v) is 10.6. The quantitative estimate of drug-likeness (QED) is 0.907. The zero-order chi connectivity index (χ0) is 15.1. The Kier molecular flexibility index (Phi) is 3.45. The number of aliphatic carboxylic acids is 1. The van der Waals surface area contributed by atoms with Crippen molar-refractivity contribution >= 4 is 11.9 Å². The number of hydrogen-bond acceptors (Lipinski definition) is 2. The van der Waals surface area contributed by atoms with Crippen LogP contribution in [0, 0.1) is 0 Å². The molecule has 1 amide bonds. The molecule has 4 nitrogen and oxygen atoms in total. The maximum atomic E-state index is 12.9. The molecule has 1 atom stereocenters. The van der Waals surface area contributed by atoms with Crippen LogP contribution < -0.4 is 0 Å². The Balaban J connectivity index is 2.44. The van der Waals surface area contributed by atoms with E-state index in [2.05, 4.69) is 0 Å². The van der Waals surface area contributed by atoms with Crippen molar-refractivity contribution < 1.29 is 27.9 Å². The molecule has 108 valence electrons. The molecule has 2 rings (SSSR count). The first-order valence-electron chi connectivity index (χ1n) is 5.96. The second-order valence-electron chi connectivity index (χ2n) is 4.59. The number of carbonyl (C=O) groups excluding carboxylic acids is 1. The molecule has 0 fully saturated rings. The van der Waals surface area contributed by atoms with Crippen LogP contribution in [0.3, 0.4) is 0 Å². The third-order valence-corrected chi connectivity index (χ3v) is 3.40. The number of carboxylic acids is 1. The van der Waals surface area contributed by atoms with Crippen molar-refractivity contribution in [3.8, 4) is 0 Å². The first-order valence-corrected chi connectivity index (χ1v) is 5.96. The van der Waals surface area contributed by atoms with E-state index in [0.717, 1.165) is 17.0 Å². The van der Waals surface area contributed by atoms with Crippen molar-refractivity contribution in [2.75, 3.05) is 6.54 Å². The van der Waals surface area contributed by atoms with Crippen molar-refractivity contribution in [2.24, 2.45) is 0 Å². The standard InChI is InChI=1S/C13H12F3NO3/c1-7(12(19)20)17-6-5-8-9(11(17)18)3-2-4-10(8)13(14,15)16/h2-4,7H,5-6H2,1H3,(H,19,20). The van der Waals surface area contributed by atoms with E-state index in [9.17, 15) is 22.8 Å². The molecule has 1 aliphatic heterocycles. The molecule has 1 aromatic rings. The Morgan fingerprint density at radius 2 is 2.05 bits per heavy atom. The summed E-state index contributed by atoms with van der Waals surface area (Å²) < 4.78 is 38.6. The molecule has 0 aliphatic carbocycles. The highest BCUT2D eigenvalue weighted by Crippen LogP contribution is 2.35. The fraction of sp³-hybridized carbons (Fsp3) is 0.385. The maximum absolute atomic E-state index is 12.9. The average Bonchev–Trinajstić information content (AvgIpc) is 2.36. The van der Waals surface area contributed by atoms with Gasteiger partial charge in [0.1, 0.15) is 6.04 Å². The summed E-state index contributed by atoms with van der Waals surface area (Å²) in [6, 6.07) is 2.33. The maximum Gasteiger partial charge on any atom is 0.416 e. The molecule has 1 N–H and O–H groups in total. The molecule has 1 aromatic carbocycles. The number of fused-ring (bicyclic) bond motifs is 1. The molecule has 0 saturated carbocycles. The molecule has 1 unspecified atom stereocenters. The number of alkyl halides is 3. The second-order valence-corrected chi connectivity index (χ2v) is 4.59. The number of carboxylic acid groups (broad SMARTS) is 1. The number of halogens is 3. The molecule has 7 heteroatoms. The number of benzene rings is 1. The van der Waals surface area contributed by atoms with Crippen LogP contribution in [0.5, 0.6) is 0 Å². The summed E-state index contributed by atoms with van der Waals surface area (Å²) in [5.74, 6) is -1.86. The van der Waals surface area contributed by atoms with Gasteiger partial charge in [0, 0.05) is 12.1 Å². The first kappa shape index (κ1) is 14.4. The number of rotatable bonds is 2. The van der Waals surface area contributed by atoms with Crippen LogP contribution >= 0.6 is 0 Å². The van der Waals surface area contributed by atoms with Gasteiger partial charge in [-0.05, 0) is 31.0 Å². The van der Waals surface area contributed by atoms with Gasteiger partial charge in [-0.3, -0.25) is 4.79 Å². The molecule has 0 spiro atoms. The van der Waals surface area contributed by atoms with E-state index < -0.39 is 29.7 Å². The lowest BCUT2D eigenvalue weighted by Gasteiger charge is -2.32. The topological polar surface area (TPSA) is 57.6 Å². The van der Waals surface area contributed by atoms with Gasteiger partial charge in [-0.1, -0.05) is 6.07 Å². The summed E-state index contributed by atoms with van der Waals surface area (Å²) in [6.07, 6.45) is -4.53. The van der Waals surface area contributed by atoms with Gasteiger partial charge in [0.05, 0.1) is 5.56 Å². The lowest BCUT2D eigenvalue weighted by Crippen LogP contribution is -2.47. The number of carbonyl (C=O) groups is 2. The van der Waals surface area contributed by atoms with Gasteiger partial charge in [-0.15, -0.1) is 0 Å². The normalized spacial score (nSPS) is 16.8. The molecule has 0 bridgehead atoms. The summed E-state index contributed by atoms with van der Waals surface area (Å²) in [4.78, 5) is 24.1. The highest BCUT2D eigenvalue weighted by molar-refractivity contribution is 5.99. The van der Waals surface area contributed by atoms with Gasteiger partial charge >= 0.3 is 12.1 Å². The van der Waals surface area contributed by atoms with E-state index in [0.29, 0.717) is 0 Å². The third kappa shape index (κ3) is 2.35. The van der Waals surface area contributed by atoms with E-state index in [-0.39, 0.29) is 24.1 Å². The van der Waals surface area contributed by atoms with Crippen LogP contribution in [0.25, 0.3) is 0 Å². The molecule has 0 saturated heterocycles. The number of amides is 1. The minimum Gasteiger partial charge on any atom is -0.480 e. The van der Waals surface area contributed by atoms with Crippen LogP contribution in [0.15, 0.2) is 18.2 Å². The SMILES string of the molecule is CC(C(=O)O)N1CCc2c(cccc2C(F)(F)F)C1=O. The van der Waals surface area contributed by atoms with Crippen molar-refractivity contribution in [1.29, 1.82) is 0 Å². The highest BCUT2D eigenvalue weighted by atomic mass is 19.4. The van der Waals surface area contributed by atoms with Crippen LogP contribution in [-0.2, 0) is 17.4 Å². The molecular formula is C13H12F3NO3. The average molecular weight is 287 g/mol. The lowest BCUT2D eigenvalue weighted by molar-refractivity contribution is -0.142. The monoisotopic (exact) mass is 287 g/mol. The summed E-state index contributed by atoms with van der Waals surface area (Å²) >= 11 is 0. The minimum absolute atomic E-state index is 0.00558. The van der Waals surface area contributed by atoms with Crippen LogP contribution in [0.2, 0.25) is 0 Å². The minimum atomic E-state index is -4.52. The molecule has 20 heavy (non-hydrogen) atoms. The van der Waals surface area contributed by atoms with Crippen LogP contribution in [0.4, 0.5) is 13.2 Å². The Bertz CT molecular complexity index is 568. The smallest absolute Gasteiger partial charge is 0.416 e. The summed E-state index contributed by atoms with van der Waals surface area (Å²) in [7, 11) is 0. The predicted molar refractivity (Wildman–Crippen MR) is 63.3 cm³/mol. The van der Waals surface area contributed by atoms with Crippen LogP contribution in [0.1, 0.15) is 28.4 Å². The van der Waals surface area contributed by atoms with Crippen LogP contribution in [-0.4, -0.2) is 34.5 Å². The molecule has 1 heterocycles. The zero-order valence-electron chi connectivity index (χ0n) is 10.6. The van der Waals surface area contributed by atoms with Gasteiger partial charge in [0.25, 0.3) is 5.91 Å². The number of nitrogens with zero attached hydrogens (tertiary/aromatic N) is 1. The number of hydrogen-bond donors (Lipinski definition) is 1. The van der Waals surface area contributed by atoms with E-state index in [4.69, 9.17) is 5.11 Å². The first-order chi connectivity index (χ1) is 9.23. The Morgan fingerprint density at radius 1 is 1.40 bits per heavy atom. The Morgan fingerprint density at radius 3 is 2.60 bits per heavy atom. The van der Waals surface area contributed by atoms with Crippen molar-refractivity contribution in [2.45, 2.75) is 25.6 Å². The molecule has 0 aromatic heterocycles. The van der Waals surface area contributed by atoms with Gasteiger partial charge in [-0.25, -0.2) is 4.79 Å². The fourth-order valence-electron chi connectivity index (χ4n) is 2.31. The van der Waals surface area contributed by atoms with Gasteiger partial charge in [0.15, 0.2) is 0 Å². The van der Waals surface area contributed by atoms with Crippen molar-refractivity contribution in [1.82, 2.24) is 4.90 Å². The Hall–Kier alpha value is -2.05. The van der Waals surface area contributed by atoms with E-state index in [1.807, 2.05) is 0 Å². The second kappa shape index (κ2) is 4.81. The predicted octanol–water partition coefficient (Wildman–Crippen LogP) is 2.18. The van der Waals surface area contributed by atoms with E-state index >= 15 is 0 Å².